The maximum Gasteiger partial charge on any atom is 0.317 e. The number of piperidine rings is 2. The highest BCUT2D eigenvalue weighted by Gasteiger charge is 2.33. The van der Waals surface area contributed by atoms with Crippen molar-refractivity contribution in [2.45, 2.75) is 85.1 Å². The van der Waals surface area contributed by atoms with Crippen molar-refractivity contribution < 1.29 is 14.4 Å². The van der Waals surface area contributed by atoms with E-state index >= 15 is 0 Å². The third-order valence-corrected chi connectivity index (χ3v) is 14.1. The predicted octanol–water partition coefficient (Wildman–Crippen LogP) is 9.12. The van der Waals surface area contributed by atoms with Crippen LogP contribution in [0.5, 0.6) is 0 Å². The first-order chi connectivity index (χ1) is 30.7. The Kier molecular flexibility index (Phi) is 15.0. The molecule has 0 aliphatic carbocycles. The largest absolute Gasteiger partial charge is 0.398 e. The number of benzene rings is 2. The third kappa shape index (κ3) is 12.2. The number of nitrogens with two attached hydrogens (primary N) is 2. The molecule has 6 heterocycles. The van der Waals surface area contributed by atoms with E-state index in [0.717, 1.165) is 108 Å². The number of hydrogen-bond acceptors (Lipinski definition) is 12. The van der Waals surface area contributed by atoms with E-state index in [2.05, 4.69) is 56.5 Å². The molecular formula is C50H59N9O3S2. The fraction of sp³-hybridized carbons (Fsp3) is 0.380. The van der Waals surface area contributed by atoms with Gasteiger partial charge in [0.25, 0.3) is 0 Å². The summed E-state index contributed by atoms with van der Waals surface area (Å²) in [6.45, 7) is 12.0. The lowest BCUT2D eigenvalue weighted by Gasteiger charge is -2.39. The van der Waals surface area contributed by atoms with Crippen LogP contribution in [0.4, 0.5) is 16.2 Å². The maximum absolute atomic E-state index is 12.9. The van der Waals surface area contributed by atoms with Crippen molar-refractivity contribution in [2.75, 3.05) is 37.6 Å². The number of nitrogens with one attached hydrogen (secondary N) is 2. The molecule has 2 aromatic carbocycles. The Morgan fingerprint density at radius 2 is 1.12 bits per heavy atom. The lowest BCUT2D eigenvalue weighted by atomic mass is 9.77. The van der Waals surface area contributed by atoms with E-state index in [1.165, 1.54) is 0 Å². The highest BCUT2D eigenvalue weighted by Crippen LogP contribution is 2.35. The van der Waals surface area contributed by atoms with Crippen LogP contribution >= 0.6 is 22.7 Å². The van der Waals surface area contributed by atoms with Gasteiger partial charge < -0.3 is 27.0 Å². The summed E-state index contributed by atoms with van der Waals surface area (Å²) >= 11 is 3.33. The number of Topliss-reactive ketones (excluding diaryl/α,β-unsaturated/α-hetero) is 2. The molecule has 64 heavy (non-hydrogen) atoms. The number of aromatic nitrogens is 4. The fourth-order valence-corrected chi connectivity index (χ4v) is 9.62. The molecule has 6 aromatic rings. The molecule has 0 radical (unpaired) electrons. The Bertz CT molecular complexity index is 2490. The number of ketones is 2. The second kappa shape index (κ2) is 20.8. The molecule has 2 saturated heterocycles. The van der Waals surface area contributed by atoms with Gasteiger partial charge in [0, 0.05) is 90.7 Å². The van der Waals surface area contributed by atoms with Crippen molar-refractivity contribution >= 4 is 51.6 Å². The van der Waals surface area contributed by atoms with E-state index in [0.29, 0.717) is 22.5 Å². The molecule has 2 fully saturated rings. The van der Waals surface area contributed by atoms with Gasteiger partial charge in [0.2, 0.25) is 0 Å². The van der Waals surface area contributed by atoms with Crippen LogP contribution in [0.15, 0.2) is 96.2 Å². The number of likely N-dealkylation sites (tertiary alicyclic amines) is 1. The van der Waals surface area contributed by atoms with Gasteiger partial charge in [-0.15, -0.1) is 22.7 Å². The molecular weight excluding hydrogens is 839 g/mol. The number of rotatable bonds is 13. The number of hydrogen-bond donors (Lipinski definition) is 4. The van der Waals surface area contributed by atoms with E-state index in [4.69, 9.17) is 11.5 Å². The van der Waals surface area contributed by atoms with Gasteiger partial charge in [0.05, 0.1) is 11.1 Å². The van der Waals surface area contributed by atoms with Gasteiger partial charge in [0.15, 0.2) is 11.6 Å². The first kappa shape index (κ1) is 46.2. The first-order valence-corrected chi connectivity index (χ1v) is 23.8. The Morgan fingerprint density at radius 3 is 1.53 bits per heavy atom. The van der Waals surface area contributed by atoms with Gasteiger partial charge in [0.1, 0.15) is 11.6 Å². The van der Waals surface area contributed by atoms with Crippen LogP contribution in [0.3, 0.4) is 0 Å². The van der Waals surface area contributed by atoms with Crippen molar-refractivity contribution in [1.82, 2.24) is 35.5 Å². The number of anilines is 2. The van der Waals surface area contributed by atoms with Gasteiger partial charge in [-0.05, 0) is 133 Å². The van der Waals surface area contributed by atoms with Crippen molar-refractivity contribution in [3.05, 3.63) is 130 Å². The summed E-state index contributed by atoms with van der Waals surface area (Å²) < 4.78 is 0. The third-order valence-electron chi connectivity index (χ3n) is 12.3. The average Bonchev–Trinajstić information content (AvgIpc) is 4.03. The van der Waals surface area contributed by atoms with E-state index in [-0.39, 0.29) is 47.3 Å². The normalized spacial score (nSPS) is 15.5. The molecule has 0 unspecified atom stereocenters. The molecule has 334 valence electrons. The second-order valence-electron chi connectivity index (χ2n) is 18.1. The summed E-state index contributed by atoms with van der Waals surface area (Å²) in [6, 6.07) is 20.0. The highest BCUT2D eigenvalue weighted by molar-refractivity contribution is 7.13. The molecule has 2 amide bonds. The Hall–Kier alpha value is -5.83. The van der Waals surface area contributed by atoms with Crippen LogP contribution < -0.4 is 22.1 Å². The number of carbonyl (C=O) groups excluding carboxylic acids is 3. The predicted molar refractivity (Wildman–Crippen MR) is 259 cm³/mol. The number of amides is 2. The number of nitrogens with zero attached hydrogens (tertiary/aromatic N) is 5. The average molecular weight is 898 g/mol. The summed E-state index contributed by atoms with van der Waals surface area (Å²) in [4.78, 5) is 60.1. The molecule has 4 aromatic heterocycles. The van der Waals surface area contributed by atoms with E-state index < -0.39 is 0 Å². The number of nitrogen functional groups attached to an aromatic ring is 2. The fourth-order valence-electron chi connectivity index (χ4n) is 8.18. The summed E-state index contributed by atoms with van der Waals surface area (Å²) in [5.74, 6) is 1.47. The van der Waals surface area contributed by atoms with Gasteiger partial charge in [-0.25, -0.2) is 24.7 Å². The van der Waals surface area contributed by atoms with Crippen molar-refractivity contribution in [1.29, 1.82) is 0 Å². The van der Waals surface area contributed by atoms with Crippen LogP contribution in [-0.2, 0) is 25.7 Å². The Morgan fingerprint density at radius 1 is 0.688 bits per heavy atom. The standard InChI is InChI=1S/C27H33N5O2S.C23H26N4OS/c1-18(2)31-26(34)32-10-8-27(3,9-11-32)15-25-29-16-21(17-30-25)23(33)14-20-13-19(6-7-22(20)28)24-5-4-12-35-24;1-23(6-8-25-9-7-23)13-22-26-14-18(15-27-22)20(28)12-17-11-16(4-5-19(17)24)21-3-2-10-29-21/h4-7,12-13,16-18H,8-11,14-15,28H2,1-3H3,(H,31,34);2-5,10-11,14-15,25H,6-9,12-13,24H2,1H3. The van der Waals surface area contributed by atoms with Gasteiger partial charge in [-0.3, -0.25) is 9.59 Å². The minimum Gasteiger partial charge on any atom is -0.398 e. The maximum atomic E-state index is 12.9. The Balaban J connectivity index is 0.000000195. The van der Waals surface area contributed by atoms with Gasteiger partial charge in [-0.1, -0.05) is 38.1 Å². The summed E-state index contributed by atoms with van der Waals surface area (Å²) in [6.07, 6.45) is 12.6. The first-order valence-electron chi connectivity index (χ1n) is 22.0. The summed E-state index contributed by atoms with van der Waals surface area (Å²) in [5.41, 5.74) is 18.6. The van der Waals surface area contributed by atoms with Gasteiger partial charge in [-0.2, -0.15) is 0 Å². The quantitative estimate of drug-likeness (QED) is 0.0645. The van der Waals surface area contributed by atoms with Crippen LogP contribution in [0, 0.1) is 10.8 Å². The van der Waals surface area contributed by atoms with E-state index in [9.17, 15) is 14.4 Å². The van der Waals surface area contributed by atoms with Crippen LogP contribution in [0.1, 0.15) is 96.9 Å². The van der Waals surface area contributed by atoms with Crippen molar-refractivity contribution in [3.63, 3.8) is 0 Å². The monoisotopic (exact) mass is 897 g/mol. The second-order valence-corrected chi connectivity index (χ2v) is 20.0. The van der Waals surface area contributed by atoms with Gasteiger partial charge >= 0.3 is 6.03 Å². The zero-order valence-electron chi connectivity index (χ0n) is 37.2. The molecule has 0 spiro atoms. The molecule has 6 N–H and O–H groups in total. The smallest absolute Gasteiger partial charge is 0.317 e. The molecule has 0 saturated carbocycles. The van der Waals surface area contributed by atoms with Crippen LogP contribution in [0.25, 0.3) is 20.9 Å². The highest BCUT2D eigenvalue weighted by atomic mass is 32.1. The topological polar surface area (TPSA) is 182 Å². The molecule has 8 rings (SSSR count). The molecule has 0 atom stereocenters. The van der Waals surface area contributed by atoms with E-state index in [1.807, 2.05) is 78.0 Å². The molecule has 2 aliphatic heterocycles. The SMILES string of the molecule is CC(C)NC(=O)N1CCC(C)(Cc2ncc(C(=O)Cc3cc(-c4cccs4)ccc3N)cn2)CC1.CC1(Cc2ncc(C(=O)Cc3cc(-c4cccs4)ccc3N)cn2)CCNCC1. The van der Waals surface area contributed by atoms with Crippen LogP contribution in [-0.4, -0.2) is 74.7 Å². The van der Waals surface area contributed by atoms with E-state index in [1.54, 1.807) is 47.5 Å². The van der Waals surface area contributed by atoms with Crippen LogP contribution in [0.2, 0.25) is 0 Å². The Labute approximate surface area is 384 Å². The van der Waals surface area contributed by atoms with Crippen molar-refractivity contribution in [3.8, 4) is 20.9 Å². The summed E-state index contributed by atoms with van der Waals surface area (Å²) in [5, 5.41) is 10.4. The number of urea groups is 1. The zero-order chi connectivity index (χ0) is 45.3. The molecule has 14 heteroatoms. The zero-order valence-corrected chi connectivity index (χ0v) is 38.9. The minimum atomic E-state index is -0.0535. The number of carbonyl (C=O) groups is 3. The lowest BCUT2D eigenvalue weighted by molar-refractivity contribution is 0.0984. The molecule has 2 aliphatic rings. The van der Waals surface area contributed by atoms with Crippen molar-refractivity contribution in [2.24, 2.45) is 10.8 Å². The molecule has 12 nitrogen and oxygen atoms in total. The minimum absolute atomic E-state index is 0.00253. The number of thiophene rings is 2. The summed E-state index contributed by atoms with van der Waals surface area (Å²) in [7, 11) is 0. The lowest BCUT2D eigenvalue weighted by Crippen LogP contribution is -2.48. The molecule has 0 bridgehead atoms.